The SMILES string of the molecule is Cc1cc(Br)c2c(c1)S(=O)(=O)CCN2C(C)CN. The summed E-state index contributed by atoms with van der Waals surface area (Å²) in [5.41, 5.74) is 7.39. The summed E-state index contributed by atoms with van der Waals surface area (Å²) >= 11 is 3.48. The first-order valence-corrected chi connectivity index (χ1v) is 8.31. The monoisotopic (exact) mass is 332 g/mol. The fourth-order valence-corrected chi connectivity index (χ4v) is 4.70. The number of fused-ring (bicyclic) bond motifs is 1. The zero-order chi connectivity index (χ0) is 13.5. The van der Waals surface area contributed by atoms with Crippen LogP contribution in [0.15, 0.2) is 21.5 Å². The van der Waals surface area contributed by atoms with E-state index in [4.69, 9.17) is 5.73 Å². The Morgan fingerprint density at radius 1 is 1.50 bits per heavy atom. The van der Waals surface area contributed by atoms with Crippen molar-refractivity contribution in [1.29, 1.82) is 0 Å². The zero-order valence-corrected chi connectivity index (χ0v) is 12.9. The molecule has 0 aromatic heterocycles. The second-order valence-electron chi connectivity index (χ2n) is 4.69. The van der Waals surface area contributed by atoms with Crippen LogP contribution >= 0.6 is 15.9 Å². The topological polar surface area (TPSA) is 63.4 Å². The number of aryl methyl sites for hydroxylation is 1. The molecule has 100 valence electrons. The predicted molar refractivity (Wildman–Crippen MR) is 76.8 cm³/mol. The minimum atomic E-state index is -3.17. The number of benzene rings is 1. The summed E-state index contributed by atoms with van der Waals surface area (Å²) in [6.07, 6.45) is 0. The molecule has 1 atom stereocenters. The van der Waals surface area contributed by atoms with Gasteiger partial charge < -0.3 is 10.6 Å². The summed E-state index contributed by atoms with van der Waals surface area (Å²) in [5.74, 6) is 0.153. The number of hydrogen-bond acceptors (Lipinski definition) is 4. The van der Waals surface area contributed by atoms with E-state index < -0.39 is 9.84 Å². The Morgan fingerprint density at radius 2 is 2.17 bits per heavy atom. The van der Waals surface area contributed by atoms with Gasteiger partial charge in [-0.1, -0.05) is 0 Å². The molecule has 0 saturated heterocycles. The first kappa shape index (κ1) is 13.8. The van der Waals surface area contributed by atoms with Gasteiger partial charge in [-0.3, -0.25) is 0 Å². The molecule has 0 aliphatic carbocycles. The lowest BCUT2D eigenvalue weighted by Crippen LogP contribution is -2.44. The summed E-state index contributed by atoms with van der Waals surface area (Å²) in [6.45, 7) is 4.90. The van der Waals surface area contributed by atoms with Crippen molar-refractivity contribution < 1.29 is 8.42 Å². The number of nitrogens with two attached hydrogens (primary N) is 1. The predicted octanol–water partition coefficient (Wildman–Crippen LogP) is 1.70. The van der Waals surface area contributed by atoms with Crippen molar-refractivity contribution in [3.8, 4) is 0 Å². The number of halogens is 1. The van der Waals surface area contributed by atoms with E-state index in [0.29, 0.717) is 18.0 Å². The van der Waals surface area contributed by atoms with Crippen LogP contribution in [0.5, 0.6) is 0 Å². The highest BCUT2D eigenvalue weighted by molar-refractivity contribution is 9.10. The van der Waals surface area contributed by atoms with E-state index in [1.54, 1.807) is 6.07 Å². The molecule has 0 bridgehead atoms. The number of hydrogen-bond donors (Lipinski definition) is 1. The van der Waals surface area contributed by atoms with Crippen molar-refractivity contribution in [1.82, 2.24) is 0 Å². The molecule has 0 saturated carbocycles. The molecule has 1 aromatic rings. The Labute approximate surface area is 116 Å². The Hall–Kier alpha value is -0.590. The second kappa shape index (κ2) is 4.83. The van der Waals surface area contributed by atoms with Gasteiger partial charge in [0.15, 0.2) is 9.84 Å². The van der Waals surface area contributed by atoms with Gasteiger partial charge in [0.25, 0.3) is 0 Å². The first-order valence-electron chi connectivity index (χ1n) is 5.86. The number of rotatable bonds is 2. The molecule has 6 heteroatoms. The lowest BCUT2D eigenvalue weighted by Gasteiger charge is -2.36. The van der Waals surface area contributed by atoms with E-state index in [9.17, 15) is 8.42 Å². The van der Waals surface area contributed by atoms with Gasteiger partial charge in [0.1, 0.15) is 0 Å². The smallest absolute Gasteiger partial charge is 0.182 e. The quantitative estimate of drug-likeness (QED) is 0.895. The molecule has 1 aliphatic heterocycles. The molecule has 2 rings (SSSR count). The molecular formula is C12H17BrN2O2S. The van der Waals surface area contributed by atoms with Gasteiger partial charge in [0.05, 0.1) is 16.3 Å². The first-order chi connectivity index (χ1) is 8.36. The van der Waals surface area contributed by atoms with E-state index in [-0.39, 0.29) is 11.8 Å². The summed E-state index contributed by atoms with van der Waals surface area (Å²) in [4.78, 5) is 2.49. The third-order valence-electron chi connectivity index (χ3n) is 3.27. The molecule has 18 heavy (non-hydrogen) atoms. The molecule has 0 radical (unpaired) electrons. The van der Waals surface area contributed by atoms with Crippen molar-refractivity contribution in [3.05, 3.63) is 22.2 Å². The summed E-state index contributed by atoms with van der Waals surface area (Å²) < 4.78 is 25.1. The van der Waals surface area contributed by atoms with Crippen LogP contribution in [-0.2, 0) is 9.84 Å². The van der Waals surface area contributed by atoms with E-state index in [1.165, 1.54) is 0 Å². The van der Waals surface area contributed by atoms with Gasteiger partial charge in [-0.05, 0) is 47.5 Å². The molecule has 1 aromatic carbocycles. The lowest BCUT2D eigenvalue weighted by molar-refractivity contribution is 0.578. The van der Waals surface area contributed by atoms with Crippen LogP contribution in [0.2, 0.25) is 0 Å². The van der Waals surface area contributed by atoms with Gasteiger partial charge >= 0.3 is 0 Å². The van der Waals surface area contributed by atoms with Gasteiger partial charge in [-0.2, -0.15) is 0 Å². The Bertz CT molecular complexity index is 572. The molecule has 4 nitrogen and oxygen atoms in total. The molecule has 1 aliphatic rings. The van der Waals surface area contributed by atoms with Crippen LogP contribution in [0, 0.1) is 6.92 Å². The molecule has 0 fully saturated rings. The summed E-state index contributed by atoms with van der Waals surface area (Å²) in [7, 11) is -3.17. The maximum atomic E-state index is 12.2. The van der Waals surface area contributed by atoms with Crippen LogP contribution in [0.1, 0.15) is 12.5 Å². The van der Waals surface area contributed by atoms with E-state index in [0.717, 1.165) is 15.7 Å². The van der Waals surface area contributed by atoms with E-state index in [2.05, 4.69) is 20.8 Å². The van der Waals surface area contributed by atoms with Gasteiger partial charge in [0, 0.05) is 23.6 Å². The van der Waals surface area contributed by atoms with Crippen molar-refractivity contribution in [2.24, 2.45) is 5.73 Å². The molecule has 1 unspecified atom stereocenters. The minimum Gasteiger partial charge on any atom is -0.365 e. The highest BCUT2D eigenvalue weighted by atomic mass is 79.9. The third kappa shape index (κ3) is 2.29. The summed E-state index contributed by atoms with van der Waals surface area (Å²) in [6, 6.07) is 3.80. The zero-order valence-electron chi connectivity index (χ0n) is 10.5. The van der Waals surface area contributed by atoms with Crippen LogP contribution in [-0.4, -0.2) is 33.3 Å². The second-order valence-corrected chi connectivity index (χ2v) is 7.62. The average Bonchev–Trinajstić information content (AvgIpc) is 2.29. The molecule has 1 heterocycles. The Kier molecular flexibility index (Phi) is 3.71. The minimum absolute atomic E-state index is 0.123. The summed E-state index contributed by atoms with van der Waals surface area (Å²) in [5, 5.41) is 0. The number of anilines is 1. The molecule has 0 spiro atoms. The van der Waals surface area contributed by atoms with Gasteiger partial charge in [0.2, 0.25) is 0 Å². The molecular weight excluding hydrogens is 316 g/mol. The maximum absolute atomic E-state index is 12.2. The van der Waals surface area contributed by atoms with Crippen LogP contribution in [0.4, 0.5) is 5.69 Å². The van der Waals surface area contributed by atoms with E-state index in [1.807, 2.05) is 19.9 Å². The number of sulfone groups is 1. The normalized spacial score (nSPS) is 19.4. The maximum Gasteiger partial charge on any atom is 0.182 e. The van der Waals surface area contributed by atoms with Crippen molar-refractivity contribution in [2.75, 3.05) is 23.7 Å². The van der Waals surface area contributed by atoms with Gasteiger partial charge in [-0.15, -0.1) is 0 Å². The van der Waals surface area contributed by atoms with Crippen LogP contribution in [0.25, 0.3) is 0 Å². The highest BCUT2D eigenvalue weighted by Gasteiger charge is 2.32. The van der Waals surface area contributed by atoms with E-state index >= 15 is 0 Å². The Morgan fingerprint density at radius 3 is 2.78 bits per heavy atom. The standard InChI is InChI=1S/C12H17BrN2O2S/c1-8-5-10(13)12-11(6-8)18(16,17)4-3-15(12)9(2)7-14/h5-6,9H,3-4,7,14H2,1-2H3. The molecule has 2 N–H and O–H groups in total. The number of nitrogens with zero attached hydrogens (tertiary/aromatic N) is 1. The average molecular weight is 333 g/mol. The fourth-order valence-electron chi connectivity index (χ4n) is 2.23. The molecule has 0 amide bonds. The van der Waals surface area contributed by atoms with Gasteiger partial charge in [-0.25, -0.2) is 8.42 Å². The van der Waals surface area contributed by atoms with Crippen molar-refractivity contribution >= 4 is 31.5 Å². The van der Waals surface area contributed by atoms with Crippen LogP contribution in [0.3, 0.4) is 0 Å². The fraction of sp³-hybridized carbons (Fsp3) is 0.500. The largest absolute Gasteiger partial charge is 0.365 e. The highest BCUT2D eigenvalue weighted by Crippen LogP contribution is 2.38. The van der Waals surface area contributed by atoms with Crippen LogP contribution < -0.4 is 10.6 Å². The Balaban J connectivity index is 2.66. The third-order valence-corrected chi connectivity index (χ3v) is 5.57. The lowest BCUT2D eigenvalue weighted by atomic mass is 10.1. The van der Waals surface area contributed by atoms with Crippen molar-refractivity contribution in [3.63, 3.8) is 0 Å². The van der Waals surface area contributed by atoms with Crippen molar-refractivity contribution in [2.45, 2.75) is 24.8 Å².